The second-order valence-electron chi connectivity index (χ2n) is 9.10. The van der Waals surface area contributed by atoms with Gasteiger partial charge in [-0.25, -0.2) is 0 Å². The van der Waals surface area contributed by atoms with Crippen molar-refractivity contribution in [3.63, 3.8) is 0 Å². The highest BCUT2D eigenvalue weighted by Gasteiger charge is 2.16. The molecule has 10 nitrogen and oxygen atoms in total. The van der Waals surface area contributed by atoms with Gasteiger partial charge in [0, 0.05) is 23.4 Å². The molecule has 10 heteroatoms. The monoisotopic (exact) mass is 469 g/mol. The minimum atomic E-state index is 0.306. The first kappa shape index (κ1) is 25.5. The van der Waals surface area contributed by atoms with Gasteiger partial charge in [-0.1, -0.05) is 46.7 Å². The van der Waals surface area contributed by atoms with E-state index in [0.717, 1.165) is 55.2 Å². The van der Waals surface area contributed by atoms with Gasteiger partial charge in [0.2, 0.25) is 5.95 Å². The Bertz CT molecular complexity index is 1040. The van der Waals surface area contributed by atoms with Crippen LogP contribution in [0.5, 0.6) is 0 Å². The molecule has 3 rings (SSSR count). The van der Waals surface area contributed by atoms with Gasteiger partial charge in [-0.15, -0.1) is 0 Å². The Morgan fingerprint density at radius 2 is 1.85 bits per heavy atom. The Morgan fingerprint density at radius 1 is 1.09 bits per heavy atom. The number of hydrogen-bond acceptors (Lipinski definition) is 9. The SMILES string of the molecule is CCN(CC)CCCc1c(N)nc(NCc2cc(C(C)C)no2)nc1Nc1cc(C(C)C)[nH]n1. The molecule has 0 fully saturated rings. The number of hydrogen-bond donors (Lipinski definition) is 4. The smallest absolute Gasteiger partial charge is 0.227 e. The molecule has 0 aliphatic rings. The Labute approximate surface area is 202 Å². The molecular weight excluding hydrogens is 430 g/mol. The lowest BCUT2D eigenvalue weighted by Gasteiger charge is -2.19. The molecule has 3 aromatic heterocycles. The molecule has 0 atom stereocenters. The number of rotatable bonds is 13. The standard InChI is InChI=1S/C24H39N9O/c1-7-33(8-2)11-9-10-18-22(25)28-24(26-14-17-12-20(16(5)6)32-34-17)29-23(18)27-21-13-19(15(3)4)30-31-21/h12-13,15-16H,7-11,14H2,1-6H3,(H5,25,26,27,28,29,30,31). The maximum Gasteiger partial charge on any atom is 0.227 e. The second kappa shape index (κ2) is 11.8. The van der Waals surface area contributed by atoms with Crippen LogP contribution in [0.1, 0.15) is 82.5 Å². The molecule has 186 valence electrons. The Hall–Kier alpha value is -3.14. The quantitative estimate of drug-likeness (QED) is 0.282. The number of aromatic amines is 1. The van der Waals surface area contributed by atoms with E-state index in [0.29, 0.717) is 41.8 Å². The van der Waals surface area contributed by atoms with E-state index in [1.165, 1.54) is 0 Å². The van der Waals surface area contributed by atoms with Gasteiger partial charge in [0.05, 0.1) is 12.2 Å². The number of H-pyrrole nitrogens is 1. The molecule has 0 amide bonds. The van der Waals surface area contributed by atoms with Gasteiger partial charge in [-0.3, -0.25) is 5.10 Å². The van der Waals surface area contributed by atoms with E-state index in [1.54, 1.807) is 0 Å². The molecule has 0 unspecified atom stereocenters. The summed E-state index contributed by atoms with van der Waals surface area (Å²) in [5, 5.41) is 18.1. The molecule has 0 aliphatic heterocycles. The topological polar surface area (TPSA) is 134 Å². The lowest BCUT2D eigenvalue weighted by molar-refractivity contribution is 0.300. The van der Waals surface area contributed by atoms with Crippen LogP contribution in [0.2, 0.25) is 0 Å². The lowest BCUT2D eigenvalue weighted by atomic mass is 10.1. The summed E-state index contributed by atoms with van der Waals surface area (Å²) in [7, 11) is 0. The maximum atomic E-state index is 6.42. The van der Waals surface area contributed by atoms with Gasteiger partial charge in [0.25, 0.3) is 0 Å². The van der Waals surface area contributed by atoms with E-state index in [2.05, 4.69) is 77.4 Å². The molecule has 0 saturated carbocycles. The van der Waals surface area contributed by atoms with Crippen molar-refractivity contribution >= 4 is 23.4 Å². The number of nitrogen functional groups attached to an aromatic ring is 1. The first-order valence-corrected chi connectivity index (χ1v) is 12.2. The van der Waals surface area contributed by atoms with Crippen molar-refractivity contribution in [1.29, 1.82) is 0 Å². The summed E-state index contributed by atoms with van der Waals surface area (Å²) >= 11 is 0. The van der Waals surface area contributed by atoms with Crippen molar-refractivity contribution in [2.75, 3.05) is 36.0 Å². The summed E-state index contributed by atoms with van der Waals surface area (Å²) in [4.78, 5) is 11.6. The van der Waals surface area contributed by atoms with Crippen molar-refractivity contribution < 1.29 is 4.52 Å². The number of nitrogens with one attached hydrogen (secondary N) is 3. The highest BCUT2D eigenvalue weighted by Crippen LogP contribution is 2.27. The van der Waals surface area contributed by atoms with Gasteiger partial charge in [0.15, 0.2) is 11.6 Å². The van der Waals surface area contributed by atoms with E-state index in [1.807, 2.05) is 12.1 Å². The van der Waals surface area contributed by atoms with Gasteiger partial charge >= 0.3 is 0 Å². The highest BCUT2D eigenvalue weighted by molar-refractivity contribution is 5.64. The summed E-state index contributed by atoms with van der Waals surface area (Å²) in [6, 6.07) is 3.94. The molecule has 34 heavy (non-hydrogen) atoms. The van der Waals surface area contributed by atoms with E-state index < -0.39 is 0 Å². The molecule has 0 radical (unpaired) electrons. The van der Waals surface area contributed by atoms with E-state index in [9.17, 15) is 0 Å². The first-order chi connectivity index (χ1) is 16.3. The fourth-order valence-corrected chi connectivity index (χ4v) is 3.62. The number of anilines is 4. The van der Waals surface area contributed by atoms with Crippen molar-refractivity contribution in [2.24, 2.45) is 0 Å². The molecule has 3 heterocycles. The molecule has 0 saturated heterocycles. The zero-order valence-electron chi connectivity index (χ0n) is 21.3. The molecule has 0 spiro atoms. The van der Waals surface area contributed by atoms with Crippen LogP contribution in [0.4, 0.5) is 23.4 Å². The Balaban J connectivity index is 1.80. The minimum Gasteiger partial charge on any atom is -0.383 e. The van der Waals surface area contributed by atoms with Crippen LogP contribution in [0.25, 0.3) is 0 Å². The van der Waals surface area contributed by atoms with Crippen LogP contribution in [0, 0.1) is 0 Å². The van der Waals surface area contributed by atoms with Crippen LogP contribution in [-0.2, 0) is 13.0 Å². The summed E-state index contributed by atoms with van der Waals surface area (Å²) in [6.45, 7) is 16.2. The van der Waals surface area contributed by atoms with Crippen LogP contribution in [0.3, 0.4) is 0 Å². The highest BCUT2D eigenvalue weighted by atomic mass is 16.5. The normalized spacial score (nSPS) is 11.7. The predicted molar refractivity (Wildman–Crippen MR) is 136 cm³/mol. The van der Waals surface area contributed by atoms with Gasteiger partial charge < -0.3 is 25.8 Å². The fraction of sp³-hybridized carbons (Fsp3) is 0.583. The van der Waals surface area contributed by atoms with Crippen LogP contribution < -0.4 is 16.4 Å². The van der Waals surface area contributed by atoms with Gasteiger partial charge in [0.1, 0.15) is 11.6 Å². The van der Waals surface area contributed by atoms with Crippen molar-refractivity contribution in [3.05, 3.63) is 34.8 Å². The second-order valence-corrected chi connectivity index (χ2v) is 9.10. The Kier molecular flexibility index (Phi) is 8.86. The van der Waals surface area contributed by atoms with Crippen molar-refractivity contribution in [1.82, 2.24) is 30.2 Å². The van der Waals surface area contributed by atoms with Crippen LogP contribution in [-0.4, -0.2) is 49.9 Å². The largest absolute Gasteiger partial charge is 0.383 e. The molecule has 5 N–H and O–H groups in total. The predicted octanol–water partition coefficient (Wildman–Crippen LogP) is 4.65. The van der Waals surface area contributed by atoms with Crippen LogP contribution in [0.15, 0.2) is 16.7 Å². The summed E-state index contributed by atoms with van der Waals surface area (Å²) in [5.41, 5.74) is 9.28. The fourth-order valence-electron chi connectivity index (χ4n) is 3.62. The number of nitrogens with zero attached hydrogens (tertiary/aromatic N) is 5. The molecule has 0 bridgehead atoms. The summed E-state index contributed by atoms with van der Waals surface area (Å²) in [5.74, 6) is 3.63. The van der Waals surface area contributed by atoms with Gasteiger partial charge in [-0.05, 0) is 44.3 Å². The first-order valence-electron chi connectivity index (χ1n) is 12.2. The van der Waals surface area contributed by atoms with Crippen LogP contribution >= 0.6 is 0 Å². The summed E-state index contributed by atoms with van der Waals surface area (Å²) in [6.07, 6.45) is 1.73. The molecule has 0 aliphatic carbocycles. The minimum absolute atomic E-state index is 0.306. The van der Waals surface area contributed by atoms with E-state index in [4.69, 9.17) is 15.2 Å². The molecule has 3 aromatic rings. The number of aromatic nitrogens is 5. The average molecular weight is 470 g/mol. The average Bonchev–Trinajstić information content (AvgIpc) is 3.47. The third kappa shape index (κ3) is 6.69. The van der Waals surface area contributed by atoms with E-state index >= 15 is 0 Å². The number of nitrogens with two attached hydrogens (primary N) is 1. The summed E-state index contributed by atoms with van der Waals surface area (Å²) < 4.78 is 5.42. The lowest BCUT2D eigenvalue weighted by Crippen LogP contribution is -2.24. The zero-order valence-corrected chi connectivity index (χ0v) is 21.3. The molecule has 0 aromatic carbocycles. The Morgan fingerprint density at radius 3 is 2.47 bits per heavy atom. The third-order valence-electron chi connectivity index (χ3n) is 5.89. The maximum absolute atomic E-state index is 6.42. The zero-order chi connectivity index (χ0) is 24.7. The molecular formula is C24H39N9O. The van der Waals surface area contributed by atoms with E-state index in [-0.39, 0.29) is 0 Å². The van der Waals surface area contributed by atoms with Crippen molar-refractivity contribution in [2.45, 2.75) is 72.8 Å². The third-order valence-corrected chi connectivity index (χ3v) is 5.89. The van der Waals surface area contributed by atoms with Crippen molar-refractivity contribution in [3.8, 4) is 0 Å². The van der Waals surface area contributed by atoms with Gasteiger partial charge in [-0.2, -0.15) is 15.1 Å².